The average molecular weight is 362 g/mol. The van der Waals surface area contributed by atoms with E-state index in [0.717, 1.165) is 23.6 Å². The monoisotopic (exact) mass is 362 g/mol. The number of likely N-dealkylation sites (N-methyl/N-ethyl adjacent to an activating group) is 1. The van der Waals surface area contributed by atoms with Crippen molar-refractivity contribution in [3.05, 3.63) is 0 Å². The van der Waals surface area contributed by atoms with E-state index < -0.39 is 16.0 Å². The molecule has 1 rings (SSSR count). The maximum Gasteiger partial charge on any atom is 0.303 e. The SMILES string of the molecule is CCS(=O)(=O)N(C)CC(=O)NC(CCC(=O)O)CC1CCCCC1. The van der Waals surface area contributed by atoms with Gasteiger partial charge in [-0.15, -0.1) is 0 Å². The second-order valence-electron chi connectivity index (χ2n) is 6.59. The number of rotatable bonds is 10. The van der Waals surface area contributed by atoms with E-state index in [-0.39, 0.29) is 30.7 Å². The highest BCUT2D eigenvalue weighted by Crippen LogP contribution is 2.28. The van der Waals surface area contributed by atoms with Crippen LogP contribution in [0.15, 0.2) is 0 Å². The summed E-state index contributed by atoms with van der Waals surface area (Å²) in [4.78, 5) is 23.0. The first kappa shape index (κ1) is 20.9. The number of nitrogens with zero attached hydrogens (tertiary/aromatic N) is 1. The molecule has 0 aromatic rings. The fraction of sp³-hybridized carbons (Fsp3) is 0.875. The second-order valence-corrected chi connectivity index (χ2v) is 8.96. The highest BCUT2D eigenvalue weighted by atomic mass is 32.2. The number of carbonyl (C=O) groups is 2. The molecule has 0 radical (unpaired) electrons. The first-order valence-electron chi connectivity index (χ1n) is 8.69. The van der Waals surface area contributed by atoms with Gasteiger partial charge in [0.1, 0.15) is 0 Å². The summed E-state index contributed by atoms with van der Waals surface area (Å²) in [5, 5.41) is 11.7. The van der Waals surface area contributed by atoms with Gasteiger partial charge in [0.25, 0.3) is 0 Å². The van der Waals surface area contributed by atoms with E-state index in [1.807, 2.05) is 0 Å². The molecule has 1 atom stereocenters. The molecule has 0 aliphatic heterocycles. The van der Waals surface area contributed by atoms with Crippen molar-refractivity contribution in [3.8, 4) is 0 Å². The van der Waals surface area contributed by atoms with Crippen LogP contribution in [0, 0.1) is 5.92 Å². The van der Waals surface area contributed by atoms with Crippen molar-refractivity contribution in [2.75, 3.05) is 19.3 Å². The molecule has 0 saturated heterocycles. The van der Waals surface area contributed by atoms with Gasteiger partial charge in [0, 0.05) is 19.5 Å². The predicted octanol–water partition coefficient (Wildman–Crippen LogP) is 1.59. The normalized spacial score (nSPS) is 17.6. The summed E-state index contributed by atoms with van der Waals surface area (Å²) in [5.74, 6) is -0.805. The van der Waals surface area contributed by atoms with Crippen LogP contribution in [0.25, 0.3) is 0 Å². The first-order chi connectivity index (χ1) is 11.2. The molecular formula is C16H30N2O5S. The molecular weight excluding hydrogens is 332 g/mol. The third-order valence-electron chi connectivity index (χ3n) is 4.62. The third-order valence-corrected chi connectivity index (χ3v) is 6.43. The molecule has 140 valence electrons. The fourth-order valence-electron chi connectivity index (χ4n) is 3.17. The Hall–Kier alpha value is -1.15. The minimum Gasteiger partial charge on any atom is -0.481 e. The number of carbonyl (C=O) groups excluding carboxylic acids is 1. The molecule has 1 aliphatic rings. The molecule has 7 nitrogen and oxygen atoms in total. The van der Waals surface area contributed by atoms with Gasteiger partial charge in [-0.25, -0.2) is 8.42 Å². The van der Waals surface area contributed by atoms with Crippen LogP contribution in [-0.2, 0) is 19.6 Å². The number of carboxylic acids is 1. The summed E-state index contributed by atoms with van der Waals surface area (Å²) < 4.78 is 24.5. The Labute approximate surface area is 144 Å². The van der Waals surface area contributed by atoms with E-state index in [1.165, 1.54) is 33.2 Å². The van der Waals surface area contributed by atoms with E-state index in [4.69, 9.17) is 5.11 Å². The van der Waals surface area contributed by atoms with Gasteiger partial charge in [-0.1, -0.05) is 32.1 Å². The quantitative estimate of drug-likeness (QED) is 0.614. The number of nitrogens with one attached hydrogen (secondary N) is 1. The first-order valence-corrected chi connectivity index (χ1v) is 10.3. The molecule has 0 aromatic carbocycles. The van der Waals surface area contributed by atoms with Gasteiger partial charge in [0.15, 0.2) is 0 Å². The highest BCUT2D eigenvalue weighted by molar-refractivity contribution is 7.89. The lowest BCUT2D eigenvalue weighted by Crippen LogP contribution is -2.44. The third kappa shape index (κ3) is 7.61. The zero-order chi connectivity index (χ0) is 18.2. The standard InChI is InChI=1S/C16H30N2O5S/c1-3-24(22,23)18(2)12-15(19)17-14(9-10-16(20)21)11-13-7-5-4-6-8-13/h13-14H,3-12H2,1-2H3,(H,17,19)(H,20,21). The van der Waals surface area contributed by atoms with Crippen LogP contribution in [0.3, 0.4) is 0 Å². The van der Waals surface area contributed by atoms with E-state index in [1.54, 1.807) is 0 Å². The van der Waals surface area contributed by atoms with Crippen molar-refractivity contribution in [1.82, 2.24) is 9.62 Å². The summed E-state index contributed by atoms with van der Waals surface area (Å²) in [6.45, 7) is 1.30. The molecule has 1 saturated carbocycles. The summed E-state index contributed by atoms with van der Waals surface area (Å²) in [6, 6.07) is -0.213. The van der Waals surface area contributed by atoms with Gasteiger partial charge in [0.05, 0.1) is 12.3 Å². The Kier molecular flexibility index (Phi) is 8.69. The van der Waals surface area contributed by atoms with E-state index in [0.29, 0.717) is 12.3 Å². The van der Waals surface area contributed by atoms with Gasteiger partial charge in [-0.2, -0.15) is 4.31 Å². The van der Waals surface area contributed by atoms with Crippen LogP contribution in [0.2, 0.25) is 0 Å². The Morgan fingerprint density at radius 3 is 2.42 bits per heavy atom. The van der Waals surface area contributed by atoms with Crippen LogP contribution in [-0.4, -0.2) is 55.1 Å². The van der Waals surface area contributed by atoms with E-state index in [2.05, 4.69) is 5.32 Å². The fourth-order valence-corrected chi connectivity index (χ4v) is 3.92. The molecule has 0 spiro atoms. The second kappa shape index (κ2) is 9.98. The Bertz CT molecular complexity index is 515. The molecule has 0 heterocycles. The van der Waals surface area contributed by atoms with Gasteiger partial charge >= 0.3 is 5.97 Å². The maximum atomic E-state index is 12.1. The van der Waals surface area contributed by atoms with Gasteiger partial charge in [-0.3, -0.25) is 9.59 Å². The summed E-state index contributed by atoms with van der Waals surface area (Å²) in [5.41, 5.74) is 0. The van der Waals surface area contributed by atoms with Gasteiger partial charge in [0.2, 0.25) is 15.9 Å². The molecule has 1 amide bonds. The number of hydrogen-bond acceptors (Lipinski definition) is 4. The number of sulfonamides is 1. The maximum absolute atomic E-state index is 12.1. The lowest BCUT2D eigenvalue weighted by atomic mass is 9.84. The zero-order valence-corrected chi connectivity index (χ0v) is 15.5. The van der Waals surface area contributed by atoms with Gasteiger partial charge < -0.3 is 10.4 Å². The van der Waals surface area contributed by atoms with Crippen molar-refractivity contribution in [1.29, 1.82) is 0 Å². The number of carboxylic acid groups (broad SMARTS) is 1. The molecule has 2 N–H and O–H groups in total. The van der Waals surface area contributed by atoms with Crippen LogP contribution in [0.1, 0.15) is 58.3 Å². The molecule has 0 aromatic heterocycles. The van der Waals surface area contributed by atoms with Crippen LogP contribution in [0.4, 0.5) is 0 Å². The molecule has 1 aliphatic carbocycles. The minimum atomic E-state index is -3.40. The predicted molar refractivity (Wildman–Crippen MR) is 92.1 cm³/mol. The molecule has 24 heavy (non-hydrogen) atoms. The van der Waals surface area contributed by atoms with E-state index in [9.17, 15) is 18.0 Å². The Morgan fingerprint density at radius 1 is 1.25 bits per heavy atom. The molecule has 8 heteroatoms. The van der Waals surface area contributed by atoms with Crippen LogP contribution >= 0.6 is 0 Å². The van der Waals surface area contributed by atoms with Crippen molar-refractivity contribution in [3.63, 3.8) is 0 Å². The lowest BCUT2D eigenvalue weighted by molar-refractivity contribution is -0.137. The Morgan fingerprint density at radius 2 is 1.88 bits per heavy atom. The largest absolute Gasteiger partial charge is 0.481 e. The van der Waals surface area contributed by atoms with E-state index >= 15 is 0 Å². The minimum absolute atomic E-state index is 0.000758. The summed E-state index contributed by atoms with van der Waals surface area (Å²) >= 11 is 0. The summed E-state index contributed by atoms with van der Waals surface area (Å²) in [7, 11) is -2.02. The summed E-state index contributed by atoms with van der Waals surface area (Å²) in [6.07, 6.45) is 6.98. The topological polar surface area (TPSA) is 104 Å². The van der Waals surface area contributed by atoms with Crippen LogP contribution in [0.5, 0.6) is 0 Å². The Balaban J connectivity index is 2.58. The molecule has 1 unspecified atom stereocenters. The van der Waals surface area contributed by atoms with Crippen molar-refractivity contribution in [2.24, 2.45) is 5.92 Å². The van der Waals surface area contributed by atoms with Gasteiger partial charge in [-0.05, 0) is 25.7 Å². The zero-order valence-electron chi connectivity index (χ0n) is 14.7. The average Bonchev–Trinajstić information content (AvgIpc) is 2.53. The molecule has 1 fully saturated rings. The van der Waals surface area contributed by atoms with Crippen LogP contribution < -0.4 is 5.32 Å². The number of aliphatic carboxylic acids is 1. The smallest absolute Gasteiger partial charge is 0.303 e. The lowest BCUT2D eigenvalue weighted by Gasteiger charge is -2.27. The van der Waals surface area contributed by atoms with Crippen molar-refractivity contribution in [2.45, 2.75) is 64.3 Å². The van der Waals surface area contributed by atoms with Crippen molar-refractivity contribution < 1.29 is 23.1 Å². The highest BCUT2D eigenvalue weighted by Gasteiger charge is 2.23. The molecule has 0 bridgehead atoms. The number of hydrogen-bond donors (Lipinski definition) is 2. The number of amides is 1. The van der Waals surface area contributed by atoms with Crippen molar-refractivity contribution >= 4 is 21.9 Å².